The fraction of sp³-hybridized carbons (Fsp3) is 0.154. The van der Waals surface area contributed by atoms with E-state index in [0.717, 1.165) is 18.3 Å². The third-order valence-corrected chi connectivity index (χ3v) is 3.07. The van der Waals surface area contributed by atoms with E-state index in [-0.39, 0.29) is 5.39 Å². The van der Waals surface area contributed by atoms with Gasteiger partial charge < -0.3 is 9.55 Å². The number of halogens is 2. The van der Waals surface area contributed by atoms with Crippen LogP contribution in [-0.4, -0.2) is 14.5 Å². The quantitative estimate of drug-likeness (QED) is 0.740. The van der Waals surface area contributed by atoms with Gasteiger partial charge in [0.25, 0.3) is 0 Å². The van der Waals surface area contributed by atoms with E-state index in [1.54, 1.807) is 18.7 Å². The van der Waals surface area contributed by atoms with Crippen molar-refractivity contribution in [3.8, 4) is 11.3 Å². The monoisotopic (exact) mass is 247 g/mol. The normalized spacial score (nSPS) is 11.3. The molecular weight excluding hydrogens is 236 g/mol. The van der Waals surface area contributed by atoms with Crippen molar-refractivity contribution in [2.24, 2.45) is 0 Å². The van der Waals surface area contributed by atoms with Gasteiger partial charge in [-0.15, -0.1) is 0 Å². The van der Waals surface area contributed by atoms with Crippen LogP contribution >= 0.6 is 0 Å². The van der Waals surface area contributed by atoms with Crippen LogP contribution in [0, 0.1) is 11.6 Å². The maximum atomic E-state index is 13.9. The molecule has 92 valence electrons. The standard InChI is InChI=1S/C13H11F2N3/c1-2-18-7-16-6-11(18)8-5-17-10-4-3-9(14)13(15)12(8)10/h3-7,17H,2H2,1H3. The third kappa shape index (κ3) is 1.44. The maximum absolute atomic E-state index is 13.9. The predicted octanol–water partition coefficient (Wildman–Crippen LogP) is 3.33. The SMILES string of the molecule is CCn1cncc1-c1c[nH]c2ccc(F)c(F)c12. The molecule has 0 saturated carbocycles. The van der Waals surface area contributed by atoms with Crippen molar-refractivity contribution >= 4 is 10.9 Å². The van der Waals surface area contributed by atoms with Crippen molar-refractivity contribution < 1.29 is 8.78 Å². The minimum atomic E-state index is -0.842. The van der Waals surface area contributed by atoms with Gasteiger partial charge in [-0.1, -0.05) is 0 Å². The number of fused-ring (bicyclic) bond motifs is 1. The topological polar surface area (TPSA) is 33.6 Å². The Balaban J connectivity index is 2.33. The minimum absolute atomic E-state index is 0.269. The molecule has 0 unspecified atom stereocenters. The molecule has 0 aliphatic carbocycles. The average molecular weight is 247 g/mol. The Morgan fingerprint density at radius 2 is 2.17 bits per heavy atom. The van der Waals surface area contributed by atoms with Gasteiger partial charge in [-0.3, -0.25) is 0 Å². The zero-order valence-corrected chi connectivity index (χ0v) is 9.74. The van der Waals surface area contributed by atoms with E-state index in [2.05, 4.69) is 9.97 Å². The molecular formula is C13H11F2N3. The molecule has 3 aromatic rings. The molecule has 2 aromatic heterocycles. The van der Waals surface area contributed by atoms with Gasteiger partial charge in [-0.25, -0.2) is 13.8 Å². The molecule has 1 N–H and O–H groups in total. The summed E-state index contributed by atoms with van der Waals surface area (Å²) in [6.45, 7) is 2.69. The second kappa shape index (κ2) is 3.94. The Bertz CT molecular complexity index is 712. The average Bonchev–Trinajstić information content (AvgIpc) is 2.99. The number of nitrogens with one attached hydrogen (secondary N) is 1. The smallest absolute Gasteiger partial charge is 0.168 e. The van der Waals surface area contributed by atoms with Gasteiger partial charge in [0, 0.05) is 29.2 Å². The van der Waals surface area contributed by atoms with Crippen molar-refractivity contribution in [1.29, 1.82) is 0 Å². The van der Waals surface area contributed by atoms with Crippen molar-refractivity contribution in [2.45, 2.75) is 13.5 Å². The van der Waals surface area contributed by atoms with Crippen molar-refractivity contribution in [3.63, 3.8) is 0 Å². The van der Waals surface area contributed by atoms with Crippen LogP contribution in [0.5, 0.6) is 0 Å². The summed E-state index contributed by atoms with van der Waals surface area (Å²) in [4.78, 5) is 6.99. The maximum Gasteiger partial charge on any atom is 0.168 e. The lowest BCUT2D eigenvalue weighted by atomic mass is 10.1. The number of aromatic amines is 1. The lowest BCUT2D eigenvalue weighted by molar-refractivity contribution is 0.517. The molecule has 2 heterocycles. The first-order valence-electron chi connectivity index (χ1n) is 5.68. The number of H-pyrrole nitrogens is 1. The Hall–Kier alpha value is -2.17. The first kappa shape index (κ1) is 11.0. The van der Waals surface area contributed by atoms with Crippen molar-refractivity contribution in [1.82, 2.24) is 14.5 Å². The van der Waals surface area contributed by atoms with Crippen LogP contribution in [-0.2, 0) is 6.54 Å². The highest BCUT2D eigenvalue weighted by Gasteiger charge is 2.16. The molecule has 18 heavy (non-hydrogen) atoms. The first-order chi connectivity index (χ1) is 8.72. The molecule has 0 aliphatic heterocycles. The number of rotatable bonds is 2. The molecule has 0 radical (unpaired) electrons. The number of hydrogen-bond donors (Lipinski definition) is 1. The van der Waals surface area contributed by atoms with E-state index in [1.807, 2.05) is 11.5 Å². The van der Waals surface area contributed by atoms with Gasteiger partial charge >= 0.3 is 0 Å². The molecule has 0 amide bonds. The Labute approximate surface area is 102 Å². The number of hydrogen-bond acceptors (Lipinski definition) is 1. The van der Waals surface area contributed by atoms with Crippen LogP contribution in [0.2, 0.25) is 0 Å². The molecule has 0 aliphatic rings. The van der Waals surface area contributed by atoms with Crippen LogP contribution in [0.1, 0.15) is 6.92 Å². The molecule has 3 nitrogen and oxygen atoms in total. The fourth-order valence-corrected chi connectivity index (χ4v) is 2.16. The van der Waals surface area contributed by atoms with Gasteiger partial charge in [0.1, 0.15) is 0 Å². The van der Waals surface area contributed by atoms with Crippen LogP contribution in [0.4, 0.5) is 8.78 Å². The van der Waals surface area contributed by atoms with Crippen molar-refractivity contribution in [3.05, 3.63) is 42.5 Å². The van der Waals surface area contributed by atoms with Crippen LogP contribution in [0.15, 0.2) is 30.9 Å². The lowest BCUT2D eigenvalue weighted by Gasteiger charge is -2.04. The molecule has 0 bridgehead atoms. The van der Waals surface area contributed by atoms with Gasteiger partial charge in [-0.2, -0.15) is 0 Å². The molecule has 0 spiro atoms. The van der Waals surface area contributed by atoms with E-state index in [9.17, 15) is 8.78 Å². The van der Waals surface area contributed by atoms with E-state index in [1.165, 1.54) is 6.07 Å². The van der Waals surface area contributed by atoms with E-state index >= 15 is 0 Å². The molecule has 0 saturated heterocycles. The molecule has 1 aromatic carbocycles. The summed E-state index contributed by atoms with van der Waals surface area (Å²) < 4.78 is 29.1. The summed E-state index contributed by atoms with van der Waals surface area (Å²) in [5.41, 5.74) is 1.97. The number of nitrogens with zero attached hydrogens (tertiary/aromatic N) is 2. The number of aryl methyl sites for hydroxylation is 1. The number of benzene rings is 1. The van der Waals surface area contributed by atoms with E-state index in [4.69, 9.17) is 0 Å². The van der Waals surface area contributed by atoms with Crippen LogP contribution < -0.4 is 0 Å². The summed E-state index contributed by atoms with van der Waals surface area (Å²) in [7, 11) is 0. The Kier molecular flexibility index (Phi) is 2.40. The molecule has 0 fully saturated rings. The zero-order chi connectivity index (χ0) is 12.7. The molecule has 5 heteroatoms. The van der Waals surface area contributed by atoms with Crippen LogP contribution in [0.3, 0.4) is 0 Å². The largest absolute Gasteiger partial charge is 0.360 e. The van der Waals surface area contributed by atoms with Crippen LogP contribution in [0.25, 0.3) is 22.2 Å². The predicted molar refractivity (Wildman–Crippen MR) is 65.1 cm³/mol. The number of aromatic nitrogens is 3. The Morgan fingerprint density at radius 3 is 2.94 bits per heavy atom. The highest BCUT2D eigenvalue weighted by molar-refractivity contribution is 5.95. The summed E-state index contributed by atoms with van der Waals surface area (Å²) in [6.07, 6.45) is 5.00. The summed E-state index contributed by atoms with van der Waals surface area (Å²) in [6, 6.07) is 2.65. The fourth-order valence-electron chi connectivity index (χ4n) is 2.16. The minimum Gasteiger partial charge on any atom is -0.360 e. The lowest BCUT2D eigenvalue weighted by Crippen LogP contribution is -1.95. The highest BCUT2D eigenvalue weighted by atomic mass is 19.2. The van der Waals surface area contributed by atoms with Gasteiger partial charge in [0.2, 0.25) is 0 Å². The summed E-state index contributed by atoms with van der Waals surface area (Å²) >= 11 is 0. The molecule has 3 rings (SSSR count). The summed E-state index contributed by atoms with van der Waals surface area (Å²) in [5, 5.41) is 0.269. The van der Waals surface area contributed by atoms with E-state index < -0.39 is 11.6 Å². The third-order valence-electron chi connectivity index (χ3n) is 3.07. The first-order valence-corrected chi connectivity index (χ1v) is 5.68. The number of imidazole rings is 1. The van der Waals surface area contributed by atoms with Crippen molar-refractivity contribution in [2.75, 3.05) is 0 Å². The van der Waals surface area contributed by atoms with Gasteiger partial charge in [0.15, 0.2) is 11.6 Å². The second-order valence-corrected chi connectivity index (χ2v) is 4.05. The second-order valence-electron chi connectivity index (χ2n) is 4.05. The van der Waals surface area contributed by atoms with Gasteiger partial charge in [0.05, 0.1) is 18.2 Å². The zero-order valence-electron chi connectivity index (χ0n) is 9.74. The van der Waals surface area contributed by atoms with Gasteiger partial charge in [-0.05, 0) is 19.1 Å². The highest BCUT2D eigenvalue weighted by Crippen LogP contribution is 2.31. The van der Waals surface area contributed by atoms with E-state index in [0.29, 0.717) is 11.1 Å². The molecule has 0 atom stereocenters. The Morgan fingerprint density at radius 1 is 1.33 bits per heavy atom. The summed E-state index contributed by atoms with van der Waals surface area (Å²) in [5.74, 6) is -1.67.